The van der Waals surface area contributed by atoms with Crippen molar-refractivity contribution in [1.82, 2.24) is 4.90 Å². The normalized spacial score (nSPS) is 22.6. The molecule has 3 rings (SSSR count). The number of carbonyl (C=O) groups excluding carboxylic acids is 2. The summed E-state index contributed by atoms with van der Waals surface area (Å²) in [6.07, 6.45) is 6.79. The molecule has 2 fully saturated rings. The number of nitrogens with zero attached hydrogens (tertiary/aromatic N) is 1. The van der Waals surface area contributed by atoms with Gasteiger partial charge in [0.05, 0.1) is 6.54 Å². The minimum Gasteiger partial charge on any atom is -0.277 e. The lowest BCUT2D eigenvalue weighted by Gasteiger charge is -2.42. The molecule has 0 bridgehead atoms. The van der Waals surface area contributed by atoms with E-state index in [1.807, 2.05) is 11.4 Å². The maximum Gasteiger partial charge on any atom is 0.230 e. The highest BCUT2D eigenvalue weighted by Crippen LogP contribution is 2.45. The van der Waals surface area contributed by atoms with Crippen LogP contribution in [0.1, 0.15) is 49.8 Å². The molecule has 0 N–H and O–H groups in total. The third-order valence-electron chi connectivity index (χ3n) is 4.50. The summed E-state index contributed by atoms with van der Waals surface area (Å²) in [4.78, 5) is 27.3. The van der Waals surface area contributed by atoms with Gasteiger partial charge in [0.2, 0.25) is 11.8 Å². The molecule has 5 heteroatoms. The van der Waals surface area contributed by atoms with E-state index in [4.69, 9.17) is 0 Å². The number of amides is 2. The number of hydrogen-bond acceptors (Lipinski definition) is 3. The maximum absolute atomic E-state index is 12.4. The highest BCUT2D eigenvalue weighted by molar-refractivity contribution is 9.10. The number of carbonyl (C=O) groups is 2. The van der Waals surface area contributed by atoms with Crippen molar-refractivity contribution in [3.8, 4) is 0 Å². The third-order valence-corrected chi connectivity index (χ3v) is 6.19. The van der Waals surface area contributed by atoms with Gasteiger partial charge in [-0.2, -0.15) is 0 Å². The van der Waals surface area contributed by atoms with Crippen molar-refractivity contribution in [2.24, 2.45) is 5.41 Å². The van der Waals surface area contributed by atoms with Crippen LogP contribution in [-0.4, -0.2) is 16.7 Å². The zero-order chi connectivity index (χ0) is 14.2. The lowest BCUT2D eigenvalue weighted by molar-refractivity contribution is -0.155. The zero-order valence-electron chi connectivity index (χ0n) is 11.4. The van der Waals surface area contributed by atoms with Crippen molar-refractivity contribution in [2.45, 2.75) is 51.5 Å². The molecule has 0 unspecified atom stereocenters. The summed E-state index contributed by atoms with van der Waals surface area (Å²) in [7, 11) is 0. The standard InChI is InChI=1S/C15H18BrNO2S/c16-11-6-12(20-10-11)9-17-13(18)7-15(8-14(17)19)4-2-1-3-5-15/h6,10H,1-5,7-9H2. The summed E-state index contributed by atoms with van der Waals surface area (Å²) in [6, 6.07) is 1.98. The van der Waals surface area contributed by atoms with Gasteiger partial charge in [0, 0.05) is 27.6 Å². The summed E-state index contributed by atoms with van der Waals surface area (Å²) >= 11 is 4.99. The molecule has 2 amide bonds. The monoisotopic (exact) mass is 355 g/mol. The Hall–Kier alpha value is -0.680. The van der Waals surface area contributed by atoms with E-state index >= 15 is 0 Å². The van der Waals surface area contributed by atoms with Gasteiger partial charge in [-0.3, -0.25) is 14.5 Å². The van der Waals surface area contributed by atoms with Crippen LogP contribution < -0.4 is 0 Å². The molecular formula is C15H18BrNO2S. The second-order valence-electron chi connectivity index (χ2n) is 6.02. The predicted molar refractivity (Wildman–Crippen MR) is 82.3 cm³/mol. The van der Waals surface area contributed by atoms with Crippen molar-refractivity contribution in [2.75, 3.05) is 0 Å². The van der Waals surface area contributed by atoms with Gasteiger partial charge in [0.15, 0.2) is 0 Å². The van der Waals surface area contributed by atoms with Gasteiger partial charge in [-0.1, -0.05) is 19.3 Å². The Morgan fingerprint density at radius 2 is 1.80 bits per heavy atom. The lowest BCUT2D eigenvalue weighted by Crippen LogP contribution is -2.48. The van der Waals surface area contributed by atoms with Crippen LogP contribution in [0.3, 0.4) is 0 Å². The lowest BCUT2D eigenvalue weighted by atomic mass is 9.67. The van der Waals surface area contributed by atoms with Gasteiger partial charge in [-0.05, 0) is 40.3 Å². The van der Waals surface area contributed by atoms with E-state index in [0.29, 0.717) is 19.4 Å². The summed E-state index contributed by atoms with van der Waals surface area (Å²) in [5.41, 5.74) is -0.0149. The predicted octanol–water partition coefficient (Wildman–Crippen LogP) is 4.11. The van der Waals surface area contributed by atoms with E-state index in [1.165, 1.54) is 24.2 Å². The average molecular weight is 356 g/mol. The molecular weight excluding hydrogens is 338 g/mol. The number of halogens is 1. The Kier molecular flexibility index (Phi) is 4.00. The van der Waals surface area contributed by atoms with Crippen LogP contribution in [0.25, 0.3) is 0 Å². The maximum atomic E-state index is 12.4. The molecule has 1 aromatic heterocycles. The van der Waals surface area contributed by atoms with Crippen LogP contribution in [0.2, 0.25) is 0 Å². The topological polar surface area (TPSA) is 37.4 Å². The molecule has 1 aliphatic carbocycles. The third kappa shape index (κ3) is 2.84. The van der Waals surface area contributed by atoms with Crippen LogP contribution in [0, 0.1) is 5.41 Å². The average Bonchev–Trinajstić information content (AvgIpc) is 2.81. The van der Waals surface area contributed by atoms with Crippen molar-refractivity contribution < 1.29 is 9.59 Å². The molecule has 1 aliphatic heterocycles. The molecule has 1 spiro atoms. The number of imide groups is 1. The molecule has 108 valence electrons. The first-order valence-corrected chi connectivity index (χ1v) is 8.81. The van der Waals surface area contributed by atoms with E-state index in [0.717, 1.165) is 22.2 Å². The molecule has 1 aromatic rings. The Morgan fingerprint density at radius 1 is 1.15 bits per heavy atom. The Balaban J connectivity index is 1.72. The second-order valence-corrected chi connectivity index (χ2v) is 7.93. The summed E-state index contributed by atoms with van der Waals surface area (Å²) < 4.78 is 1.01. The number of piperidine rings is 1. The van der Waals surface area contributed by atoms with Crippen LogP contribution in [0.5, 0.6) is 0 Å². The molecule has 1 saturated carbocycles. The number of thiophene rings is 1. The van der Waals surface area contributed by atoms with Gasteiger partial charge in [0.1, 0.15) is 0 Å². The minimum absolute atomic E-state index is 0.0149. The minimum atomic E-state index is -0.0149. The van der Waals surface area contributed by atoms with E-state index in [-0.39, 0.29) is 17.2 Å². The molecule has 1 saturated heterocycles. The first kappa shape index (κ1) is 14.3. The van der Waals surface area contributed by atoms with Gasteiger partial charge in [-0.15, -0.1) is 11.3 Å². The summed E-state index contributed by atoms with van der Waals surface area (Å²) in [5, 5.41) is 1.98. The van der Waals surface area contributed by atoms with Crippen LogP contribution in [0.4, 0.5) is 0 Å². The van der Waals surface area contributed by atoms with E-state index in [1.54, 1.807) is 11.3 Å². The molecule has 2 heterocycles. The van der Waals surface area contributed by atoms with E-state index in [9.17, 15) is 9.59 Å². The largest absolute Gasteiger partial charge is 0.277 e. The van der Waals surface area contributed by atoms with E-state index < -0.39 is 0 Å². The van der Waals surface area contributed by atoms with Gasteiger partial charge >= 0.3 is 0 Å². The summed E-state index contributed by atoms with van der Waals surface area (Å²) in [5.74, 6) is 0.0420. The number of likely N-dealkylation sites (tertiary alicyclic amines) is 1. The first-order chi connectivity index (χ1) is 9.58. The van der Waals surface area contributed by atoms with Gasteiger partial charge in [0.25, 0.3) is 0 Å². The summed E-state index contributed by atoms with van der Waals surface area (Å²) in [6.45, 7) is 0.435. The molecule has 20 heavy (non-hydrogen) atoms. The molecule has 2 aliphatic rings. The Labute approximate surface area is 131 Å². The molecule has 0 radical (unpaired) electrons. The number of hydrogen-bond donors (Lipinski definition) is 0. The first-order valence-electron chi connectivity index (χ1n) is 7.14. The van der Waals surface area contributed by atoms with Crippen molar-refractivity contribution in [3.63, 3.8) is 0 Å². The molecule has 0 atom stereocenters. The van der Waals surface area contributed by atoms with E-state index in [2.05, 4.69) is 15.9 Å². The fourth-order valence-electron chi connectivity index (χ4n) is 3.46. The SMILES string of the molecule is O=C1CC2(CCCCC2)CC(=O)N1Cc1cc(Br)cs1. The molecule has 3 nitrogen and oxygen atoms in total. The number of rotatable bonds is 2. The van der Waals surface area contributed by atoms with Crippen LogP contribution >= 0.6 is 27.3 Å². The van der Waals surface area contributed by atoms with Crippen molar-refractivity contribution >= 4 is 39.1 Å². The Bertz CT molecular complexity index is 514. The van der Waals surface area contributed by atoms with Gasteiger partial charge < -0.3 is 0 Å². The van der Waals surface area contributed by atoms with Crippen molar-refractivity contribution in [1.29, 1.82) is 0 Å². The Morgan fingerprint density at radius 3 is 2.35 bits per heavy atom. The zero-order valence-corrected chi connectivity index (χ0v) is 13.8. The quantitative estimate of drug-likeness (QED) is 0.748. The fourth-order valence-corrected chi connectivity index (χ4v) is 4.90. The highest BCUT2D eigenvalue weighted by Gasteiger charge is 2.43. The van der Waals surface area contributed by atoms with Gasteiger partial charge in [-0.25, -0.2) is 0 Å². The smallest absolute Gasteiger partial charge is 0.230 e. The van der Waals surface area contributed by atoms with Crippen LogP contribution in [0.15, 0.2) is 15.9 Å². The molecule has 0 aromatic carbocycles. The van der Waals surface area contributed by atoms with Crippen molar-refractivity contribution in [3.05, 3.63) is 20.8 Å². The van der Waals surface area contributed by atoms with Crippen LogP contribution in [-0.2, 0) is 16.1 Å². The fraction of sp³-hybridized carbons (Fsp3) is 0.600. The highest BCUT2D eigenvalue weighted by atomic mass is 79.9. The second kappa shape index (κ2) is 5.60.